The third-order valence-electron chi connectivity index (χ3n) is 4.36. The second-order valence-corrected chi connectivity index (χ2v) is 7.16. The van der Waals surface area contributed by atoms with E-state index in [4.69, 9.17) is 11.6 Å². The van der Waals surface area contributed by atoms with Crippen molar-refractivity contribution in [2.24, 2.45) is 0 Å². The van der Waals surface area contributed by atoms with Crippen LogP contribution in [0, 0.1) is 6.92 Å². The average Bonchev–Trinajstić information content (AvgIpc) is 2.45. The van der Waals surface area contributed by atoms with Crippen LogP contribution in [0.1, 0.15) is 44.1 Å². The number of carbonyl (C=O) groups excluding carboxylic acids is 1. The van der Waals surface area contributed by atoms with E-state index in [2.05, 4.69) is 26.6 Å². The average molecular weight is 374 g/mol. The molecule has 116 valence electrons. The second-order valence-electron chi connectivity index (χ2n) is 5.90. The van der Waals surface area contributed by atoms with Crippen LogP contribution < -0.4 is 10.6 Å². The van der Waals surface area contributed by atoms with Crippen molar-refractivity contribution in [3.05, 3.63) is 27.2 Å². The lowest BCUT2D eigenvalue weighted by atomic mass is 9.79. The summed E-state index contributed by atoms with van der Waals surface area (Å²) >= 11 is 9.61. The summed E-state index contributed by atoms with van der Waals surface area (Å²) in [5, 5.41) is 7.01. The van der Waals surface area contributed by atoms with Crippen LogP contribution in [0.2, 0.25) is 5.02 Å². The molecule has 0 bridgehead atoms. The van der Waals surface area contributed by atoms with E-state index in [0.717, 1.165) is 28.6 Å². The van der Waals surface area contributed by atoms with Gasteiger partial charge < -0.3 is 10.6 Å². The molecule has 0 spiro atoms. The molecule has 3 nitrogen and oxygen atoms in total. The topological polar surface area (TPSA) is 41.1 Å². The van der Waals surface area contributed by atoms with Crippen LogP contribution >= 0.6 is 27.5 Å². The molecule has 1 amide bonds. The van der Waals surface area contributed by atoms with Gasteiger partial charge in [0.25, 0.3) is 0 Å². The maximum Gasteiger partial charge on any atom is 0.226 e. The largest absolute Gasteiger partial charge is 0.325 e. The molecule has 1 saturated carbocycles. The normalized spacial score (nSPS) is 17.5. The van der Waals surface area contributed by atoms with E-state index < -0.39 is 0 Å². The number of halogens is 2. The van der Waals surface area contributed by atoms with Crippen molar-refractivity contribution < 1.29 is 4.79 Å². The summed E-state index contributed by atoms with van der Waals surface area (Å²) in [7, 11) is 1.96. The van der Waals surface area contributed by atoms with Crippen molar-refractivity contribution in [2.45, 2.75) is 51.0 Å². The first kappa shape index (κ1) is 16.8. The summed E-state index contributed by atoms with van der Waals surface area (Å²) in [5.74, 6) is 0.0341. The molecule has 5 heteroatoms. The highest BCUT2D eigenvalue weighted by Crippen LogP contribution is 2.33. The van der Waals surface area contributed by atoms with E-state index >= 15 is 0 Å². The SMILES string of the molecule is CNC1(CC(=O)Nc2cc(Cl)c(C)cc2Br)CCCCC1. The monoisotopic (exact) mass is 372 g/mol. The fraction of sp³-hybridized carbons (Fsp3) is 0.562. The summed E-state index contributed by atoms with van der Waals surface area (Å²) < 4.78 is 0.861. The molecule has 2 N–H and O–H groups in total. The van der Waals surface area contributed by atoms with Gasteiger partial charge in [0.2, 0.25) is 5.91 Å². The van der Waals surface area contributed by atoms with Crippen LogP contribution in [0.5, 0.6) is 0 Å². The van der Waals surface area contributed by atoms with Crippen LogP contribution in [-0.2, 0) is 4.79 Å². The number of nitrogens with one attached hydrogen (secondary N) is 2. The highest BCUT2D eigenvalue weighted by molar-refractivity contribution is 9.10. The zero-order valence-corrected chi connectivity index (χ0v) is 14.9. The van der Waals surface area contributed by atoms with Crippen LogP contribution in [0.3, 0.4) is 0 Å². The number of carbonyl (C=O) groups is 1. The molecule has 0 aromatic heterocycles. The predicted molar refractivity (Wildman–Crippen MR) is 92.0 cm³/mol. The molecule has 21 heavy (non-hydrogen) atoms. The van der Waals surface area contributed by atoms with Gasteiger partial charge in [-0.05, 0) is 60.4 Å². The highest BCUT2D eigenvalue weighted by Gasteiger charge is 2.32. The third kappa shape index (κ3) is 4.21. The molecule has 0 heterocycles. The number of hydrogen-bond donors (Lipinski definition) is 2. The fourth-order valence-corrected chi connectivity index (χ4v) is 3.71. The van der Waals surface area contributed by atoms with Crippen molar-refractivity contribution in [1.29, 1.82) is 0 Å². The first-order valence-corrected chi connectivity index (χ1v) is 8.57. The van der Waals surface area contributed by atoms with Gasteiger partial charge in [0.1, 0.15) is 0 Å². The number of amides is 1. The molecule has 1 aliphatic carbocycles. The quantitative estimate of drug-likeness (QED) is 0.805. The van der Waals surface area contributed by atoms with Gasteiger partial charge in [-0.1, -0.05) is 30.9 Å². The summed E-state index contributed by atoms with van der Waals surface area (Å²) in [6, 6.07) is 3.72. The Morgan fingerprint density at radius 3 is 2.62 bits per heavy atom. The molecular weight excluding hydrogens is 352 g/mol. The molecule has 1 aromatic carbocycles. The molecule has 0 radical (unpaired) electrons. The Kier molecular flexibility index (Phi) is 5.69. The predicted octanol–water partition coefficient (Wildman–Crippen LogP) is 4.66. The first-order chi connectivity index (χ1) is 9.96. The summed E-state index contributed by atoms with van der Waals surface area (Å²) in [4.78, 5) is 12.4. The van der Waals surface area contributed by atoms with E-state index in [1.165, 1.54) is 19.3 Å². The minimum atomic E-state index is -0.0523. The van der Waals surface area contributed by atoms with Gasteiger partial charge >= 0.3 is 0 Å². The molecule has 0 atom stereocenters. The van der Waals surface area contributed by atoms with Gasteiger partial charge in [0.05, 0.1) is 5.69 Å². The maximum atomic E-state index is 12.4. The Hall–Kier alpha value is -0.580. The Labute approximate surface area is 140 Å². The Bertz CT molecular complexity index is 527. The molecule has 0 aliphatic heterocycles. The molecule has 1 aromatic rings. The van der Waals surface area contributed by atoms with E-state index in [1.807, 2.05) is 20.0 Å². The fourth-order valence-electron chi connectivity index (χ4n) is 2.99. The van der Waals surface area contributed by atoms with E-state index in [1.54, 1.807) is 6.07 Å². The Balaban J connectivity index is 2.06. The van der Waals surface area contributed by atoms with Gasteiger partial charge in [-0.3, -0.25) is 4.79 Å². The molecule has 1 fully saturated rings. The lowest BCUT2D eigenvalue weighted by Crippen LogP contribution is -2.47. The van der Waals surface area contributed by atoms with Gasteiger partial charge in [0, 0.05) is 21.5 Å². The number of benzene rings is 1. The standard InChI is InChI=1S/C16H22BrClN2O/c1-11-8-12(17)14(9-13(11)18)20-15(21)10-16(19-2)6-4-3-5-7-16/h8-9,19H,3-7,10H2,1-2H3,(H,20,21). The van der Waals surface area contributed by atoms with Crippen LogP contribution in [0.25, 0.3) is 0 Å². The minimum Gasteiger partial charge on any atom is -0.325 e. The summed E-state index contributed by atoms with van der Waals surface area (Å²) in [6.07, 6.45) is 6.27. The lowest BCUT2D eigenvalue weighted by Gasteiger charge is -2.36. The molecule has 1 aliphatic rings. The van der Waals surface area contributed by atoms with Crippen molar-refractivity contribution in [1.82, 2.24) is 5.32 Å². The van der Waals surface area contributed by atoms with Gasteiger partial charge in [-0.2, -0.15) is 0 Å². The number of aryl methyl sites for hydroxylation is 1. The van der Waals surface area contributed by atoms with Gasteiger partial charge in [-0.15, -0.1) is 0 Å². The van der Waals surface area contributed by atoms with Crippen molar-refractivity contribution in [2.75, 3.05) is 12.4 Å². The second kappa shape index (κ2) is 7.12. The Morgan fingerprint density at radius 1 is 1.33 bits per heavy atom. The van der Waals surface area contributed by atoms with Crippen LogP contribution in [0.15, 0.2) is 16.6 Å². The van der Waals surface area contributed by atoms with Crippen molar-refractivity contribution in [3.8, 4) is 0 Å². The smallest absolute Gasteiger partial charge is 0.226 e. The Morgan fingerprint density at radius 2 is 2.00 bits per heavy atom. The minimum absolute atomic E-state index is 0.0341. The van der Waals surface area contributed by atoms with Crippen LogP contribution in [-0.4, -0.2) is 18.5 Å². The van der Waals surface area contributed by atoms with Crippen molar-refractivity contribution in [3.63, 3.8) is 0 Å². The van der Waals surface area contributed by atoms with Gasteiger partial charge in [0.15, 0.2) is 0 Å². The first-order valence-electron chi connectivity index (χ1n) is 7.40. The number of rotatable bonds is 4. The van der Waals surface area contributed by atoms with Crippen molar-refractivity contribution >= 4 is 39.1 Å². The lowest BCUT2D eigenvalue weighted by molar-refractivity contribution is -0.117. The molecule has 0 unspecified atom stereocenters. The van der Waals surface area contributed by atoms with E-state index in [9.17, 15) is 4.79 Å². The third-order valence-corrected chi connectivity index (χ3v) is 5.43. The number of anilines is 1. The highest BCUT2D eigenvalue weighted by atomic mass is 79.9. The van der Waals surface area contributed by atoms with E-state index in [-0.39, 0.29) is 11.4 Å². The zero-order chi connectivity index (χ0) is 15.5. The summed E-state index contributed by atoms with van der Waals surface area (Å²) in [5.41, 5.74) is 1.67. The molecule has 2 rings (SSSR count). The van der Waals surface area contributed by atoms with E-state index in [0.29, 0.717) is 11.4 Å². The molecule has 0 saturated heterocycles. The number of hydrogen-bond acceptors (Lipinski definition) is 2. The van der Waals surface area contributed by atoms with Crippen LogP contribution in [0.4, 0.5) is 5.69 Å². The van der Waals surface area contributed by atoms with Gasteiger partial charge in [-0.25, -0.2) is 0 Å². The maximum absolute atomic E-state index is 12.4. The zero-order valence-electron chi connectivity index (χ0n) is 12.6. The summed E-state index contributed by atoms with van der Waals surface area (Å²) in [6.45, 7) is 1.94. The molecular formula is C16H22BrClN2O.